The van der Waals surface area contributed by atoms with Crippen LogP contribution in [0.15, 0.2) is 0 Å². The van der Waals surface area contributed by atoms with Crippen LogP contribution in [-0.2, 0) is 0 Å². The molecule has 0 aliphatic heterocycles. The molecule has 1 fully saturated rings. The molecule has 4 nitrogen and oxygen atoms in total. The number of hydrogen-bond acceptors (Lipinski definition) is 2. The van der Waals surface area contributed by atoms with Crippen LogP contribution in [0.5, 0.6) is 0 Å². The summed E-state index contributed by atoms with van der Waals surface area (Å²) in [6.45, 7) is 0. The molecule has 0 unspecified atom stereocenters. The Kier molecular flexibility index (Phi) is 7.99. The van der Waals surface area contributed by atoms with Crippen LogP contribution in [0.2, 0.25) is 10.6 Å². The van der Waals surface area contributed by atoms with Gasteiger partial charge in [-0.3, -0.25) is 0 Å². The fraction of sp³-hybridized carbons (Fsp3) is 0.833. The van der Waals surface area contributed by atoms with E-state index in [9.17, 15) is 0 Å². The Bertz CT molecular complexity index is 247. The van der Waals surface area contributed by atoms with E-state index in [0.717, 1.165) is 22.5 Å². The van der Waals surface area contributed by atoms with Gasteiger partial charge in [0.2, 0.25) is 0 Å². The molecule has 1 rings (SSSR count). The van der Waals surface area contributed by atoms with Crippen molar-refractivity contribution in [2.75, 3.05) is 0 Å². The van der Waals surface area contributed by atoms with E-state index in [2.05, 4.69) is 0 Å². The fourth-order valence-electron chi connectivity index (χ4n) is 2.48. The molecular formula is C12H24N4Se2. The van der Waals surface area contributed by atoms with Gasteiger partial charge in [-0.25, -0.2) is 0 Å². The Morgan fingerprint density at radius 1 is 0.833 bits per heavy atom. The quantitative estimate of drug-likeness (QED) is 0.291. The molecule has 6 N–H and O–H groups in total. The summed E-state index contributed by atoms with van der Waals surface area (Å²) in [4.78, 5) is 0. The zero-order chi connectivity index (χ0) is 13.4. The molecule has 18 heavy (non-hydrogen) atoms. The van der Waals surface area contributed by atoms with Crippen molar-refractivity contribution in [3.8, 4) is 0 Å². The van der Waals surface area contributed by atoms with E-state index in [-0.39, 0.29) is 29.9 Å². The second-order valence-corrected chi connectivity index (χ2v) is 9.66. The second kappa shape index (κ2) is 8.97. The van der Waals surface area contributed by atoms with Crippen LogP contribution < -0.4 is 11.5 Å². The Morgan fingerprint density at radius 3 is 1.44 bits per heavy atom. The van der Waals surface area contributed by atoms with Crippen molar-refractivity contribution in [3.05, 3.63) is 0 Å². The number of amidine groups is 2. The first-order valence-electron chi connectivity index (χ1n) is 6.51. The molecule has 0 aromatic rings. The maximum absolute atomic E-state index is 7.23. The van der Waals surface area contributed by atoms with Crippen LogP contribution in [0.1, 0.15) is 38.5 Å². The summed E-state index contributed by atoms with van der Waals surface area (Å²) in [5.41, 5.74) is 10.8. The van der Waals surface area contributed by atoms with Crippen LogP contribution in [0.25, 0.3) is 0 Å². The zero-order valence-corrected chi connectivity index (χ0v) is 14.2. The van der Waals surface area contributed by atoms with Crippen LogP contribution in [0.4, 0.5) is 0 Å². The summed E-state index contributed by atoms with van der Waals surface area (Å²) in [5, 5.41) is 16.8. The van der Waals surface area contributed by atoms with Crippen LogP contribution in [0.3, 0.4) is 0 Å². The standard InChI is InChI=1S/C12H24N4Se2/c13-11(14)17-7-5-9-1-2-10(4-3-9)6-8-18-12(15)16/h9-10H,1-8H2,(H3,13,14)(H3,15,16). The second-order valence-electron chi connectivity index (χ2n) is 4.89. The Morgan fingerprint density at radius 2 is 1.17 bits per heavy atom. The monoisotopic (exact) mass is 384 g/mol. The predicted octanol–water partition coefficient (Wildman–Crippen LogP) is 1.60. The summed E-state index contributed by atoms with van der Waals surface area (Å²) in [6.07, 6.45) is 7.95. The SMILES string of the molecule is N=C(N)[Se]CCC1CCC(CC[Se]C(=N)N)CC1. The van der Waals surface area contributed by atoms with Crippen molar-refractivity contribution in [2.45, 2.75) is 49.2 Å². The van der Waals surface area contributed by atoms with Gasteiger partial charge in [0.15, 0.2) is 0 Å². The van der Waals surface area contributed by atoms with Gasteiger partial charge in [-0.2, -0.15) is 0 Å². The number of nitrogens with one attached hydrogen (secondary N) is 2. The predicted molar refractivity (Wildman–Crippen MR) is 79.6 cm³/mol. The van der Waals surface area contributed by atoms with Gasteiger partial charge in [0, 0.05) is 0 Å². The third-order valence-electron chi connectivity index (χ3n) is 3.53. The summed E-state index contributed by atoms with van der Waals surface area (Å²) in [7, 11) is 0. The van der Waals surface area contributed by atoms with Gasteiger partial charge in [-0.1, -0.05) is 0 Å². The first-order chi connectivity index (χ1) is 8.58. The molecule has 1 aliphatic rings. The van der Waals surface area contributed by atoms with E-state index in [4.69, 9.17) is 22.3 Å². The molecule has 1 saturated carbocycles. The van der Waals surface area contributed by atoms with E-state index in [1.54, 1.807) is 0 Å². The van der Waals surface area contributed by atoms with Gasteiger partial charge >= 0.3 is 123 Å². The van der Waals surface area contributed by atoms with Crippen molar-refractivity contribution in [3.63, 3.8) is 0 Å². The van der Waals surface area contributed by atoms with E-state index >= 15 is 0 Å². The molecule has 0 bridgehead atoms. The Labute approximate surface area is 122 Å². The molecule has 0 amide bonds. The van der Waals surface area contributed by atoms with Crippen LogP contribution in [-0.4, -0.2) is 39.4 Å². The average Bonchev–Trinajstić information content (AvgIpc) is 2.30. The van der Waals surface area contributed by atoms with Gasteiger partial charge in [-0.15, -0.1) is 0 Å². The molecule has 1 aliphatic carbocycles. The van der Waals surface area contributed by atoms with Crippen molar-refractivity contribution < 1.29 is 0 Å². The Hall–Kier alpha value is -0.0210. The average molecular weight is 382 g/mol. The summed E-state index contributed by atoms with van der Waals surface area (Å²) in [6, 6.07) is 0. The molecule has 6 heteroatoms. The van der Waals surface area contributed by atoms with Crippen molar-refractivity contribution in [1.29, 1.82) is 10.8 Å². The Balaban J connectivity index is 2.05. The van der Waals surface area contributed by atoms with Gasteiger partial charge in [0.05, 0.1) is 0 Å². The summed E-state index contributed by atoms with van der Waals surface area (Å²) in [5.74, 6) is 1.75. The molecule has 104 valence electrons. The topological polar surface area (TPSA) is 99.7 Å². The number of nitrogens with two attached hydrogens (primary N) is 2. The van der Waals surface area contributed by atoms with E-state index in [1.807, 2.05) is 0 Å². The number of rotatable bonds is 8. The minimum atomic E-state index is 0.237. The van der Waals surface area contributed by atoms with Crippen molar-refractivity contribution >= 4 is 39.4 Å². The third-order valence-corrected chi connectivity index (χ3v) is 6.68. The van der Waals surface area contributed by atoms with Gasteiger partial charge in [0.25, 0.3) is 0 Å². The molecule has 0 atom stereocenters. The minimum absolute atomic E-state index is 0.237. The fourth-order valence-corrected chi connectivity index (χ4v) is 5.30. The molecular weight excluding hydrogens is 358 g/mol. The van der Waals surface area contributed by atoms with Gasteiger partial charge < -0.3 is 0 Å². The van der Waals surface area contributed by atoms with Crippen molar-refractivity contribution in [1.82, 2.24) is 0 Å². The van der Waals surface area contributed by atoms with E-state index in [1.165, 1.54) is 38.5 Å². The normalized spacial score (nSPS) is 23.8. The van der Waals surface area contributed by atoms with Crippen LogP contribution in [0, 0.1) is 22.7 Å². The van der Waals surface area contributed by atoms with Crippen LogP contribution >= 0.6 is 0 Å². The first kappa shape index (κ1) is 16.0. The molecule has 0 radical (unpaired) electrons. The van der Waals surface area contributed by atoms with E-state index < -0.39 is 0 Å². The van der Waals surface area contributed by atoms with Gasteiger partial charge in [0.1, 0.15) is 0 Å². The molecule has 0 aromatic carbocycles. The first-order valence-corrected chi connectivity index (χ1v) is 10.6. The molecule has 0 aromatic heterocycles. The molecule has 0 heterocycles. The third kappa shape index (κ3) is 7.42. The zero-order valence-electron chi connectivity index (χ0n) is 10.8. The summed E-state index contributed by atoms with van der Waals surface area (Å²) >= 11 is 0.474. The van der Waals surface area contributed by atoms with Crippen molar-refractivity contribution in [2.24, 2.45) is 23.3 Å². The molecule has 0 saturated heterocycles. The summed E-state index contributed by atoms with van der Waals surface area (Å²) < 4.78 is 0.783. The van der Waals surface area contributed by atoms with Gasteiger partial charge in [-0.05, 0) is 0 Å². The molecule has 0 spiro atoms. The maximum atomic E-state index is 7.23. The number of hydrogen-bond donors (Lipinski definition) is 4. The van der Waals surface area contributed by atoms with E-state index in [0.29, 0.717) is 9.47 Å².